The normalized spacial score (nSPS) is 16.1. The number of carbonyl (C=O) groups excluding carboxylic acids is 2. The summed E-state index contributed by atoms with van der Waals surface area (Å²) in [5, 5.41) is 2.79. The van der Waals surface area contributed by atoms with Gasteiger partial charge in [-0.3, -0.25) is 9.59 Å². The maximum atomic E-state index is 12.2. The molecule has 2 amide bonds. The molecule has 6 heteroatoms. The zero-order chi connectivity index (χ0) is 14.7. The Morgan fingerprint density at radius 1 is 1.45 bits per heavy atom. The van der Waals surface area contributed by atoms with Crippen LogP contribution in [0.4, 0.5) is 5.69 Å². The molecule has 5 nitrogen and oxygen atoms in total. The monoisotopic (exact) mass is 291 g/mol. The van der Waals surface area contributed by atoms with Crippen LogP contribution in [-0.2, 0) is 9.59 Å². The first-order valence-electron chi connectivity index (χ1n) is 6.50. The predicted octanol–water partition coefficient (Wildman–Crippen LogP) is 1.27. The molecule has 1 aromatic rings. The Kier molecular flexibility index (Phi) is 4.34. The number of nitrogens with one attached hydrogen (secondary N) is 1. The van der Waals surface area contributed by atoms with Gasteiger partial charge in [0.1, 0.15) is 11.0 Å². The fourth-order valence-corrected chi connectivity index (χ4v) is 2.44. The van der Waals surface area contributed by atoms with Crippen LogP contribution in [0.25, 0.3) is 0 Å². The number of amides is 2. The largest absolute Gasteiger partial charge is 0.389 e. The molecule has 106 valence electrons. The summed E-state index contributed by atoms with van der Waals surface area (Å²) in [4.78, 5) is 25.7. The lowest BCUT2D eigenvalue weighted by molar-refractivity contribution is -0.134. The van der Waals surface area contributed by atoms with Gasteiger partial charge in [-0.15, -0.1) is 0 Å². The smallest absolute Gasteiger partial charge is 0.246 e. The fourth-order valence-electron chi connectivity index (χ4n) is 2.26. The van der Waals surface area contributed by atoms with Crippen molar-refractivity contribution in [2.75, 3.05) is 11.9 Å². The van der Waals surface area contributed by atoms with Crippen LogP contribution in [0.3, 0.4) is 0 Å². The van der Waals surface area contributed by atoms with Crippen molar-refractivity contribution < 1.29 is 9.59 Å². The molecule has 1 aromatic carbocycles. The number of hydrogen-bond acceptors (Lipinski definition) is 3. The van der Waals surface area contributed by atoms with Crippen LogP contribution in [0.5, 0.6) is 0 Å². The van der Waals surface area contributed by atoms with Gasteiger partial charge < -0.3 is 16.0 Å². The first-order valence-corrected chi connectivity index (χ1v) is 6.90. The Balaban J connectivity index is 2.12. The summed E-state index contributed by atoms with van der Waals surface area (Å²) >= 11 is 4.96. The maximum Gasteiger partial charge on any atom is 0.246 e. The molecular formula is C14H17N3O2S. The number of benzene rings is 1. The molecular weight excluding hydrogens is 274 g/mol. The quantitative estimate of drug-likeness (QED) is 0.819. The molecule has 1 aliphatic heterocycles. The third-order valence-electron chi connectivity index (χ3n) is 3.41. The molecule has 0 aliphatic carbocycles. The Morgan fingerprint density at radius 2 is 2.15 bits per heavy atom. The van der Waals surface area contributed by atoms with Crippen LogP contribution in [0.2, 0.25) is 0 Å². The Morgan fingerprint density at radius 3 is 2.75 bits per heavy atom. The minimum absolute atomic E-state index is 0.0234. The van der Waals surface area contributed by atoms with Gasteiger partial charge in [-0.05, 0) is 25.5 Å². The van der Waals surface area contributed by atoms with E-state index in [4.69, 9.17) is 18.0 Å². The summed E-state index contributed by atoms with van der Waals surface area (Å²) in [7, 11) is 0. The highest BCUT2D eigenvalue weighted by molar-refractivity contribution is 7.80. The minimum atomic E-state index is -0.496. The van der Waals surface area contributed by atoms with Crippen molar-refractivity contribution in [3.63, 3.8) is 0 Å². The van der Waals surface area contributed by atoms with Crippen LogP contribution in [-0.4, -0.2) is 34.3 Å². The molecule has 1 aliphatic rings. The van der Waals surface area contributed by atoms with Crippen LogP contribution >= 0.6 is 12.2 Å². The Bertz CT molecular complexity index is 559. The van der Waals surface area contributed by atoms with Gasteiger partial charge in [-0.1, -0.05) is 24.4 Å². The van der Waals surface area contributed by atoms with E-state index in [2.05, 4.69) is 5.32 Å². The molecule has 0 spiro atoms. The zero-order valence-electron chi connectivity index (χ0n) is 11.3. The molecule has 1 heterocycles. The van der Waals surface area contributed by atoms with E-state index in [0.29, 0.717) is 24.2 Å². The second-order valence-corrected chi connectivity index (χ2v) is 5.21. The molecule has 0 bridgehead atoms. The van der Waals surface area contributed by atoms with Gasteiger partial charge in [-0.25, -0.2) is 0 Å². The van der Waals surface area contributed by atoms with Gasteiger partial charge in [0.05, 0.1) is 5.69 Å². The molecule has 20 heavy (non-hydrogen) atoms. The number of para-hydroxylation sites is 1. The first kappa shape index (κ1) is 14.5. The highest BCUT2D eigenvalue weighted by Crippen LogP contribution is 2.18. The number of nitrogens with zero attached hydrogens (tertiary/aromatic N) is 1. The van der Waals surface area contributed by atoms with Crippen molar-refractivity contribution in [2.24, 2.45) is 5.73 Å². The van der Waals surface area contributed by atoms with Crippen molar-refractivity contribution in [1.82, 2.24) is 4.90 Å². The van der Waals surface area contributed by atoms with Gasteiger partial charge in [-0.2, -0.15) is 0 Å². The highest BCUT2D eigenvalue weighted by Gasteiger charge is 2.29. The lowest BCUT2D eigenvalue weighted by atomic mass is 10.1. The number of likely N-dealkylation sites (tertiary alicyclic amines) is 1. The lowest BCUT2D eigenvalue weighted by Gasteiger charge is -2.23. The van der Waals surface area contributed by atoms with E-state index in [1.54, 1.807) is 36.1 Å². The van der Waals surface area contributed by atoms with Gasteiger partial charge in [0.2, 0.25) is 11.8 Å². The van der Waals surface area contributed by atoms with E-state index >= 15 is 0 Å². The molecule has 0 radical (unpaired) electrons. The van der Waals surface area contributed by atoms with E-state index in [-0.39, 0.29) is 16.8 Å². The van der Waals surface area contributed by atoms with Gasteiger partial charge in [0.15, 0.2) is 0 Å². The van der Waals surface area contributed by atoms with Gasteiger partial charge in [0, 0.05) is 18.5 Å². The van der Waals surface area contributed by atoms with E-state index < -0.39 is 6.04 Å². The molecule has 3 N–H and O–H groups in total. The summed E-state index contributed by atoms with van der Waals surface area (Å²) in [6, 6.07) is 6.60. The Labute approximate surface area is 123 Å². The van der Waals surface area contributed by atoms with E-state index in [9.17, 15) is 9.59 Å². The third-order valence-corrected chi connectivity index (χ3v) is 3.63. The number of anilines is 1. The number of rotatable bonds is 4. The second-order valence-electron chi connectivity index (χ2n) is 4.77. The van der Waals surface area contributed by atoms with E-state index in [1.807, 2.05) is 0 Å². The summed E-state index contributed by atoms with van der Waals surface area (Å²) in [5.41, 5.74) is 6.82. The molecule has 1 fully saturated rings. The lowest BCUT2D eigenvalue weighted by Crippen LogP contribution is -2.42. The topological polar surface area (TPSA) is 75.4 Å². The van der Waals surface area contributed by atoms with Crippen molar-refractivity contribution in [1.29, 1.82) is 0 Å². The highest BCUT2D eigenvalue weighted by atomic mass is 32.1. The summed E-state index contributed by atoms with van der Waals surface area (Å²) < 4.78 is 0. The van der Waals surface area contributed by atoms with Crippen LogP contribution in [0.15, 0.2) is 24.3 Å². The maximum absolute atomic E-state index is 12.2. The SMILES string of the molecule is CC(C(=O)Nc1ccccc1C(N)=S)N1CCCC1=O. The summed E-state index contributed by atoms with van der Waals surface area (Å²) in [5.74, 6) is -0.209. The molecule has 0 saturated carbocycles. The van der Waals surface area contributed by atoms with E-state index in [0.717, 1.165) is 6.42 Å². The van der Waals surface area contributed by atoms with Gasteiger partial charge in [0.25, 0.3) is 0 Å². The van der Waals surface area contributed by atoms with E-state index in [1.165, 1.54) is 0 Å². The average molecular weight is 291 g/mol. The summed E-state index contributed by atoms with van der Waals surface area (Å²) in [6.07, 6.45) is 1.32. The molecule has 1 unspecified atom stereocenters. The number of nitrogens with two attached hydrogens (primary N) is 1. The van der Waals surface area contributed by atoms with Crippen LogP contribution in [0, 0.1) is 0 Å². The zero-order valence-corrected chi connectivity index (χ0v) is 12.1. The number of carbonyl (C=O) groups is 2. The van der Waals surface area contributed by atoms with Gasteiger partial charge >= 0.3 is 0 Å². The molecule has 0 aromatic heterocycles. The van der Waals surface area contributed by atoms with Crippen LogP contribution in [0.1, 0.15) is 25.3 Å². The number of thiocarbonyl (C=S) groups is 1. The predicted molar refractivity (Wildman–Crippen MR) is 81.4 cm³/mol. The Hall–Kier alpha value is -1.95. The summed E-state index contributed by atoms with van der Waals surface area (Å²) in [6.45, 7) is 2.35. The average Bonchev–Trinajstić information content (AvgIpc) is 2.84. The van der Waals surface area contributed by atoms with Crippen molar-refractivity contribution in [2.45, 2.75) is 25.8 Å². The third kappa shape index (κ3) is 2.96. The standard InChI is InChI=1S/C14H17N3O2S/c1-9(17-8-4-7-12(17)18)14(19)16-11-6-3-2-5-10(11)13(15)20/h2-3,5-6,9H,4,7-8H2,1H3,(H2,15,20)(H,16,19). The first-order chi connectivity index (χ1) is 9.50. The van der Waals surface area contributed by atoms with Crippen LogP contribution < -0.4 is 11.1 Å². The number of hydrogen-bond donors (Lipinski definition) is 2. The molecule has 2 rings (SSSR count). The van der Waals surface area contributed by atoms with Crippen molar-refractivity contribution >= 4 is 34.7 Å². The second kappa shape index (κ2) is 6.00. The fraction of sp³-hybridized carbons (Fsp3) is 0.357. The van der Waals surface area contributed by atoms with Crippen molar-refractivity contribution in [3.8, 4) is 0 Å². The molecule has 1 atom stereocenters. The molecule has 1 saturated heterocycles. The van der Waals surface area contributed by atoms with Crippen molar-refractivity contribution in [3.05, 3.63) is 29.8 Å². The minimum Gasteiger partial charge on any atom is -0.389 e.